The van der Waals surface area contributed by atoms with Crippen molar-refractivity contribution in [2.45, 2.75) is 26.5 Å². The minimum atomic E-state index is -2.94. The highest BCUT2D eigenvalue weighted by Gasteiger charge is 2.13. The van der Waals surface area contributed by atoms with Crippen LogP contribution in [-0.4, -0.2) is 33.1 Å². The summed E-state index contributed by atoms with van der Waals surface area (Å²) in [5.74, 6) is 0.342. The third-order valence-electron chi connectivity index (χ3n) is 2.62. The van der Waals surface area contributed by atoms with Crippen LogP contribution in [0.15, 0.2) is 24.3 Å². The SMILES string of the molecule is CCS(=O)(=O)CC(C)Nc1ccc(COC)cc1. The lowest BCUT2D eigenvalue weighted by atomic mass is 10.2. The van der Waals surface area contributed by atoms with Gasteiger partial charge in [-0.25, -0.2) is 8.42 Å². The van der Waals surface area contributed by atoms with Crippen molar-refractivity contribution in [3.8, 4) is 0 Å². The fourth-order valence-corrected chi connectivity index (χ4v) is 2.77. The van der Waals surface area contributed by atoms with E-state index in [1.807, 2.05) is 31.2 Å². The zero-order valence-electron chi connectivity index (χ0n) is 11.1. The van der Waals surface area contributed by atoms with E-state index in [4.69, 9.17) is 4.74 Å². The molecule has 0 aromatic heterocycles. The summed E-state index contributed by atoms with van der Waals surface area (Å²) in [6.45, 7) is 4.12. The number of nitrogens with one attached hydrogen (secondary N) is 1. The molecule has 0 saturated heterocycles. The average Bonchev–Trinajstić information content (AvgIpc) is 2.31. The fourth-order valence-electron chi connectivity index (χ4n) is 1.69. The highest BCUT2D eigenvalue weighted by atomic mass is 32.2. The highest BCUT2D eigenvalue weighted by molar-refractivity contribution is 7.91. The van der Waals surface area contributed by atoms with Gasteiger partial charge in [-0.15, -0.1) is 0 Å². The number of ether oxygens (including phenoxy) is 1. The fraction of sp³-hybridized carbons (Fsp3) is 0.538. The van der Waals surface area contributed by atoms with Crippen LogP contribution in [0.3, 0.4) is 0 Å². The predicted molar refractivity (Wildman–Crippen MR) is 74.6 cm³/mol. The van der Waals surface area contributed by atoms with Crippen molar-refractivity contribution in [2.75, 3.05) is 23.9 Å². The van der Waals surface area contributed by atoms with Crippen molar-refractivity contribution < 1.29 is 13.2 Å². The number of hydrogen-bond donors (Lipinski definition) is 1. The molecule has 0 spiro atoms. The van der Waals surface area contributed by atoms with Crippen LogP contribution in [0.4, 0.5) is 5.69 Å². The number of rotatable bonds is 7. The standard InChI is InChI=1S/C13H21NO3S/c1-4-18(15,16)10-11(2)14-13-7-5-12(6-8-13)9-17-3/h5-8,11,14H,4,9-10H2,1-3H3. The third kappa shape index (κ3) is 5.06. The Balaban J connectivity index is 2.57. The quantitative estimate of drug-likeness (QED) is 0.825. The van der Waals surface area contributed by atoms with Crippen LogP contribution in [0.25, 0.3) is 0 Å². The van der Waals surface area contributed by atoms with E-state index < -0.39 is 9.84 Å². The molecule has 0 aliphatic carbocycles. The second kappa shape index (κ2) is 6.75. The molecule has 102 valence electrons. The monoisotopic (exact) mass is 271 g/mol. The summed E-state index contributed by atoms with van der Waals surface area (Å²) in [7, 11) is -1.28. The van der Waals surface area contributed by atoms with Gasteiger partial charge in [0, 0.05) is 24.6 Å². The predicted octanol–water partition coefficient (Wildman–Crippen LogP) is 2.07. The Bertz CT molecular complexity index is 454. The van der Waals surface area contributed by atoms with E-state index in [-0.39, 0.29) is 17.5 Å². The maximum Gasteiger partial charge on any atom is 0.152 e. The maximum absolute atomic E-state index is 11.5. The summed E-state index contributed by atoms with van der Waals surface area (Å²) >= 11 is 0. The largest absolute Gasteiger partial charge is 0.382 e. The van der Waals surface area contributed by atoms with Crippen LogP contribution in [0, 0.1) is 0 Å². The summed E-state index contributed by atoms with van der Waals surface area (Å²) in [6.07, 6.45) is 0. The van der Waals surface area contributed by atoms with Gasteiger partial charge in [0.2, 0.25) is 0 Å². The lowest BCUT2D eigenvalue weighted by molar-refractivity contribution is 0.185. The van der Waals surface area contributed by atoms with E-state index >= 15 is 0 Å². The zero-order valence-corrected chi connectivity index (χ0v) is 12.0. The van der Waals surface area contributed by atoms with Gasteiger partial charge >= 0.3 is 0 Å². The third-order valence-corrected chi connectivity index (χ3v) is 4.51. The van der Waals surface area contributed by atoms with Crippen molar-refractivity contribution in [1.29, 1.82) is 0 Å². The number of benzene rings is 1. The van der Waals surface area contributed by atoms with Crippen LogP contribution < -0.4 is 5.32 Å². The Labute approximate surface area is 109 Å². The lowest BCUT2D eigenvalue weighted by Gasteiger charge is -2.15. The van der Waals surface area contributed by atoms with E-state index in [1.54, 1.807) is 14.0 Å². The first-order chi connectivity index (χ1) is 8.46. The van der Waals surface area contributed by atoms with Crippen LogP contribution >= 0.6 is 0 Å². The molecule has 0 heterocycles. The summed E-state index contributed by atoms with van der Waals surface area (Å²) in [5.41, 5.74) is 2.02. The summed E-state index contributed by atoms with van der Waals surface area (Å²) in [5, 5.41) is 3.18. The van der Waals surface area contributed by atoms with Crippen LogP contribution in [0.1, 0.15) is 19.4 Å². The average molecular weight is 271 g/mol. The van der Waals surface area contributed by atoms with E-state index in [2.05, 4.69) is 5.32 Å². The molecule has 0 fully saturated rings. The number of hydrogen-bond acceptors (Lipinski definition) is 4. The van der Waals surface area contributed by atoms with Gasteiger partial charge in [0.15, 0.2) is 9.84 Å². The highest BCUT2D eigenvalue weighted by Crippen LogP contribution is 2.12. The van der Waals surface area contributed by atoms with Gasteiger partial charge in [-0.3, -0.25) is 0 Å². The zero-order chi connectivity index (χ0) is 13.6. The number of sulfone groups is 1. The Morgan fingerprint density at radius 1 is 1.28 bits per heavy atom. The minimum Gasteiger partial charge on any atom is -0.382 e. The van der Waals surface area contributed by atoms with Gasteiger partial charge in [-0.2, -0.15) is 0 Å². The van der Waals surface area contributed by atoms with E-state index in [1.165, 1.54) is 0 Å². The lowest BCUT2D eigenvalue weighted by Crippen LogP contribution is -2.26. The van der Waals surface area contributed by atoms with Gasteiger partial charge < -0.3 is 10.1 Å². The molecular weight excluding hydrogens is 250 g/mol. The molecule has 0 bridgehead atoms. The second-order valence-corrected chi connectivity index (χ2v) is 6.77. The van der Waals surface area contributed by atoms with Gasteiger partial charge in [0.1, 0.15) is 0 Å². The van der Waals surface area contributed by atoms with Gasteiger partial charge in [-0.1, -0.05) is 19.1 Å². The summed E-state index contributed by atoms with van der Waals surface area (Å²) in [4.78, 5) is 0. The Hall–Kier alpha value is -1.07. The van der Waals surface area contributed by atoms with Crippen LogP contribution in [0.5, 0.6) is 0 Å². The maximum atomic E-state index is 11.5. The van der Waals surface area contributed by atoms with Gasteiger partial charge in [0.05, 0.1) is 12.4 Å². The van der Waals surface area contributed by atoms with E-state index in [9.17, 15) is 8.42 Å². The van der Waals surface area contributed by atoms with Crippen molar-refractivity contribution in [3.05, 3.63) is 29.8 Å². The molecule has 1 aromatic rings. The molecule has 1 N–H and O–H groups in total. The van der Waals surface area contributed by atoms with Crippen molar-refractivity contribution in [2.24, 2.45) is 0 Å². The summed E-state index contributed by atoms with van der Waals surface area (Å²) < 4.78 is 28.0. The normalized spacial score (nSPS) is 13.3. The van der Waals surface area contributed by atoms with Crippen molar-refractivity contribution in [3.63, 3.8) is 0 Å². The van der Waals surface area contributed by atoms with Crippen LogP contribution in [0.2, 0.25) is 0 Å². The molecule has 1 rings (SSSR count). The molecule has 5 heteroatoms. The molecule has 0 radical (unpaired) electrons. The molecule has 1 unspecified atom stereocenters. The minimum absolute atomic E-state index is 0.0942. The van der Waals surface area contributed by atoms with Crippen LogP contribution in [-0.2, 0) is 21.2 Å². The molecule has 18 heavy (non-hydrogen) atoms. The van der Waals surface area contributed by atoms with Crippen molar-refractivity contribution in [1.82, 2.24) is 0 Å². The van der Waals surface area contributed by atoms with Gasteiger partial charge in [0.25, 0.3) is 0 Å². The molecule has 0 amide bonds. The second-order valence-electron chi connectivity index (χ2n) is 4.37. The Morgan fingerprint density at radius 2 is 1.89 bits per heavy atom. The topological polar surface area (TPSA) is 55.4 Å². The first-order valence-corrected chi connectivity index (χ1v) is 7.84. The molecule has 0 aliphatic rings. The van der Waals surface area contributed by atoms with Crippen molar-refractivity contribution >= 4 is 15.5 Å². The first kappa shape index (κ1) is 15.0. The molecule has 0 aliphatic heterocycles. The number of methoxy groups -OCH3 is 1. The van der Waals surface area contributed by atoms with E-state index in [0.29, 0.717) is 6.61 Å². The summed E-state index contributed by atoms with van der Waals surface area (Å²) in [6, 6.07) is 7.70. The molecule has 0 saturated carbocycles. The van der Waals surface area contributed by atoms with Gasteiger partial charge in [-0.05, 0) is 24.6 Å². The molecule has 1 aromatic carbocycles. The molecular formula is C13H21NO3S. The molecule has 1 atom stereocenters. The Kier molecular flexibility index (Phi) is 5.62. The smallest absolute Gasteiger partial charge is 0.152 e. The number of anilines is 1. The molecule has 4 nitrogen and oxygen atoms in total. The Morgan fingerprint density at radius 3 is 2.39 bits per heavy atom. The van der Waals surface area contributed by atoms with E-state index in [0.717, 1.165) is 11.3 Å². The first-order valence-electron chi connectivity index (χ1n) is 6.01.